The van der Waals surface area contributed by atoms with Crippen LogP contribution in [0.1, 0.15) is 28.8 Å². The van der Waals surface area contributed by atoms with Crippen LogP contribution < -0.4 is 0 Å². The smallest absolute Gasteiger partial charge is 0.254 e. The fourth-order valence-electron chi connectivity index (χ4n) is 4.68. The predicted molar refractivity (Wildman–Crippen MR) is 109 cm³/mol. The Labute approximate surface area is 165 Å². The lowest BCUT2D eigenvalue weighted by atomic mass is 9.94. The van der Waals surface area contributed by atoms with E-state index in [1.165, 1.54) is 12.0 Å². The molecule has 3 saturated heterocycles. The van der Waals surface area contributed by atoms with Gasteiger partial charge in [-0.15, -0.1) is 0 Å². The number of aromatic nitrogens is 2. The van der Waals surface area contributed by atoms with Crippen LogP contribution in [0.3, 0.4) is 0 Å². The number of amides is 1. The van der Waals surface area contributed by atoms with Crippen molar-refractivity contribution in [1.82, 2.24) is 19.8 Å². The van der Waals surface area contributed by atoms with Crippen LogP contribution >= 0.6 is 0 Å². The first-order valence-corrected chi connectivity index (χ1v) is 10.0. The van der Waals surface area contributed by atoms with Crippen molar-refractivity contribution in [3.63, 3.8) is 0 Å². The molecule has 5 nitrogen and oxygen atoms in total. The molecule has 2 aromatic heterocycles. The molecule has 6 rings (SSSR count). The SMILES string of the molecule is O=C(c1ccc2ncccc2c1)N1C[C@H]2CC[C@@H]1CN(Cc1cccnc1)C2. The van der Waals surface area contributed by atoms with Gasteiger partial charge in [0.15, 0.2) is 0 Å². The van der Waals surface area contributed by atoms with Gasteiger partial charge in [-0.05, 0) is 54.7 Å². The summed E-state index contributed by atoms with van der Waals surface area (Å²) in [6.07, 6.45) is 7.84. The molecule has 0 spiro atoms. The zero-order valence-electron chi connectivity index (χ0n) is 15.9. The molecule has 5 heteroatoms. The second-order valence-electron chi connectivity index (χ2n) is 8.02. The molecule has 2 atom stereocenters. The lowest BCUT2D eigenvalue weighted by molar-refractivity contribution is 0.0585. The summed E-state index contributed by atoms with van der Waals surface area (Å²) in [5, 5.41) is 1.02. The van der Waals surface area contributed by atoms with Crippen LogP contribution in [0, 0.1) is 5.92 Å². The Hall–Kier alpha value is -2.79. The van der Waals surface area contributed by atoms with E-state index in [2.05, 4.69) is 25.8 Å². The van der Waals surface area contributed by atoms with Crippen LogP contribution in [0.5, 0.6) is 0 Å². The molecule has 3 fully saturated rings. The van der Waals surface area contributed by atoms with Gasteiger partial charge in [0.25, 0.3) is 5.91 Å². The van der Waals surface area contributed by atoms with Crippen molar-refractivity contribution in [1.29, 1.82) is 0 Å². The van der Waals surface area contributed by atoms with Gasteiger partial charge in [0, 0.05) is 61.8 Å². The molecule has 3 aromatic rings. The van der Waals surface area contributed by atoms with Crippen molar-refractivity contribution in [3.05, 3.63) is 72.2 Å². The molecular weight excluding hydrogens is 348 g/mol. The van der Waals surface area contributed by atoms with Gasteiger partial charge in [0.2, 0.25) is 0 Å². The van der Waals surface area contributed by atoms with Crippen molar-refractivity contribution in [2.45, 2.75) is 25.4 Å². The fraction of sp³-hybridized carbons (Fsp3) is 0.348. The van der Waals surface area contributed by atoms with Crippen molar-refractivity contribution in [3.8, 4) is 0 Å². The molecule has 2 bridgehead atoms. The number of rotatable bonds is 3. The first-order chi connectivity index (χ1) is 13.8. The van der Waals surface area contributed by atoms with Gasteiger partial charge < -0.3 is 4.90 Å². The van der Waals surface area contributed by atoms with E-state index in [0.29, 0.717) is 5.92 Å². The zero-order chi connectivity index (χ0) is 18.9. The Balaban J connectivity index is 1.36. The van der Waals surface area contributed by atoms with Crippen molar-refractivity contribution in [2.24, 2.45) is 5.92 Å². The quantitative estimate of drug-likeness (QED) is 0.707. The number of nitrogens with zero attached hydrogens (tertiary/aromatic N) is 4. The Kier molecular flexibility index (Phi) is 4.53. The normalized spacial score (nSPS) is 22.4. The molecule has 1 aromatic carbocycles. The number of piperidine rings is 1. The van der Waals surface area contributed by atoms with E-state index in [-0.39, 0.29) is 11.9 Å². The summed E-state index contributed by atoms with van der Waals surface area (Å²) in [4.78, 5) is 26.5. The minimum absolute atomic E-state index is 0.156. The van der Waals surface area contributed by atoms with Crippen molar-refractivity contribution < 1.29 is 4.79 Å². The molecule has 5 heterocycles. The van der Waals surface area contributed by atoms with E-state index >= 15 is 0 Å². The first kappa shape index (κ1) is 17.3. The van der Waals surface area contributed by atoms with E-state index in [1.807, 2.05) is 48.8 Å². The molecule has 0 radical (unpaired) electrons. The Morgan fingerprint density at radius 3 is 2.86 bits per heavy atom. The monoisotopic (exact) mass is 372 g/mol. The van der Waals surface area contributed by atoms with E-state index in [0.717, 1.165) is 49.1 Å². The number of fused-ring (bicyclic) bond motifs is 5. The lowest BCUT2D eigenvalue weighted by Gasteiger charge is -2.36. The molecule has 1 amide bonds. The molecule has 3 aliphatic rings. The number of hydrogen-bond acceptors (Lipinski definition) is 4. The highest BCUT2D eigenvalue weighted by Gasteiger charge is 2.37. The minimum atomic E-state index is 0.156. The minimum Gasteiger partial charge on any atom is -0.334 e. The predicted octanol–water partition coefficient (Wildman–Crippen LogP) is 3.37. The molecule has 142 valence electrons. The average molecular weight is 372 g/mol. The van der Waals surface area contributed by atoms with Gasteiger partial charge >= 0.3 is 0 Å². The summed E-state index contributed by atoms with van der Waals surface area (Å²) >= 11 is 0. The molecule has 3 aliphatic heterocycles. The van der Waals surface area contributed by atoms with Crippen molar-refractivity contribution in [2.75, 3.05) is 19.6 Å². The van der Waals surface area contributed by atoms with Crippen LogP contribution in [-0.2, 0) is 6.54 Å². The maximum absolute atomic E-state index is 13.3. The maximum Gasteiger partial charge on any atom is 0.254 e. The van der Waals surface area contributed by atoms with E-state index in [4.69, 9.17) is 0 Å². The number of pyridine rings is 2. The van der Waals surface area contributed by atoms with Crippen molar-refractivity contribution >= 4 is 16.8 Å². The van der Waals surface area contributed by atoms with E-state index in [9.17, 15) is 4.79 Å². The number of benzene rings is 1. The summed E-state index contributed by atoms with van der Waals surface area (Å²) in [6, 6.07) is 14.2. The van der Waals surface area contributed by atoms with Gasteiger partial charge in [-0.25, -0.2) is 0 Å². The van der Waals surface area contributed by atoms with Crippen LogP contribution in [0.15, 0.2) is 61.1 Å². The second-order valence-corrected chi connectivity index (χ2v) is 8.02. The topological polar surface area (TPSA) is 49.3 Å². The lowest BCUT2D eigenvalue weighted by Crippen LogP contribution is -2.47. The van der Waals surface area contributed by atoms with Gasteiger partial charge in [-0.1, -0.05) is 12.1 Å². The Morgan fingerprint density at radius 1 is 1.04 bits per heavy atom. The fourth-order valence-corrected chi connectivity index (χ4v) is 4.68. The first-order valence-electron chi connectivity index (χ1n) is 10.0. The van der Waals surface area contributed by atoms with Crippen LogP contribution in [-0.4, -0.2) is 51.4 Å². The third kappa shape index (κ3) is 3.38. The number of carbonyl (C=O) groups excluding carboxylic acids is 1. The van der Waals surface area contributed by atoms with Gasteiger partial charge in [-0.2, -0.15) is 0 Å². The maximum atomic E-state index is 13.3. The third-order valence-electron chi connectivity index (χ3n) is 6.03. The zero-order valence-corrected chi connectivity index (χ0v) is 15.9. The Bertz CT molecular complexity index is 990. The number of hydrogen-bond donors (Lipinski definition) is 0. The molecular formula is C23H24N4O. The Morgan fingerprint density at radius 2 is 1.96 bits per heavy atom. The summed E-state index contributed by atoms with van der Waals surface area (Å²) in [7, 11) is 0. The molecule has 0 N–H and O–H groups in total. The number of carbonyl (C=O) groups is 1. The molecule has 0 saturated carbocycles. The largest absolute Gasteiger partial charge is 0.334 e. The summed E-state index contributed by atoms with van der Waals surface area (Å²) in [5.41, 5.74) is 2.94. The van der Waals surface area contributed by atoms with E-state index < -0.39 is 0 Å². The van der Waals surface area contributed by atoms with Gasteiger partial charge in [0.1, 0.15) is 0 Å². The molecule has 0 aliphatic carbocycles. The highest BCUT2D eigenvalue weighted by atomic mass is 16.2. The summed E-state index contributed by atoms with van der Waals surface area (Å²) < 4.78 is 0. The highest BCUT2D eigenvalue weighted by molar-refractivity contribution is 5.98. The highest BCUT2D eigenvalue weighted by Crippen LogP contribution is 2.30. The average Bonchev–Trinajstić information content (AvgIpc) is 3.04. The van der Waals surface area contributed by atoms with Gasteiger partial charge in [0.05, 0.1) is 5.52 Å². The van der Waals surface area contributed by atoms with E-state index in [1.54, 1.807) is 6.20 Å². The van der Waals surface area contributed by atoms with Gasteiger partial charge in [-0.3, -0.25) is 19.7 Å². The third-order valence-corrected chi connectivity index (χ3v) is 6.03. The molecule has 28 heavy (non-hydrogen) atoms. The van der Waals surface area contributed by atoms with Crippen LogP contribution in [0.4, 0.5) is 0 Å². The summed E-state index contributed by atoms with van der Waals surface area (Å²) in [6.45, 7) is 3.76. The second kappa shape index (κ2) is 7.32. The van der Waals surface area contributed by atoms with Crippen LogP contribution in [0.2, 0.25) is 0 Å². The van der Waals surface area contributed by atoms with Crippen LogP contribution in [0.25, 0.3) is 10.9 Å². The molecule has 0 unspecified atom stereocenters. The summed E-state index contributed by atoms with van der Waals surface area (Å²) in [5.74, 6) is 0.699. The standard InChI is InChI=1S/C23H24N4O/c28-23(20-6-8-22-19(11-20)4-2-10-25-22)27-15-18-5-7-21(27)16-26(14-18)13-17-3-1-9-24-12-17/h1-4,6,8-12,18,21H,5,7,13-16H2/t18-,21+/m0/s1.